The van der Waals surface area contributed by atoms with E-state index in [4.69, 9.17) is 11.6 Å². The molecule has 1 fully saturated rings. The second-order valence-electron chi connectivity index (χ2n) is 5.49. The zero-order valence-corrected chi connectivity index (χ0v) is 13.1. The van der Waals surface area contributed by atoms with Crippen LogP contribution in [0.4, 0.5) is 0 Å². The van der Waals surface area contributed by atoms with Gasteiger partial charge in [-0.3, -0.25) is 4.79 Å². The topological polar surface area (TPSA) is 32.3 Å². The highest BCUT2D eigenvalue weighted by molar-refractivity contribution is 7.12. The normalized spacial score (nSPS) is 19.1. The lowest BCUT2D eigenvalue weighted by molar-refractivity contribution is 0.0726. The molecule has 1 unspecified atom stereocenters. The molecule has 0 radical (unpaired) electrons. The molecule has 1 amide bonds. The lowest BCUT2D eigenvalue weighted by Gasteiger charge is -2.27. The average molecular weight is 301 g/mol. The van der Waals surface area contributed by atoms with E-state index in [2.05, 4.69) is 19.2 Å². The van der Waals surface area contributed by atoms with Crippen molar-refractivity contribution < 1.29 is 4.79 Å². The number of halogens is 1. The molecule has 3 nitrogen and oxygen atoms in total. The Morgan fingerprint density at radius 2 is 2.42 bits per heavy atom. The van der Waals surface area contributed by atoms with Gasteiger partial charge in [-0.05, 0) is 36.8 Å². The van der Waals surface area contributed by atoms with Crippen LogP contribution in [0.2, 0.25) is 5.02 Å². The average Bonchev–Trinajstić information content (AvgIpc) is 2.98. The fourth-order valence-corrected chi connectivity index (χ4v) is 3.55. The van der Waals surface area contributed by atoms with Crippen molar-refractivity contribution >= 4 is 28.8 Å². The molecule has 1 aromatic rings. The number of carbonyl (C=O) groups excluding carboxylic acids is 1. The summed E-state index contributed by atoms with van der Waals surface area (Å²) in [4.78, 5) is 15.2. The third-order valence-electron chi connectivity index (χ3n) is 3.29. The van der Waals surface area contributed by atoms with Crippen molar-refractivity contribution in [1.82, 2.24) is 10.2 Å². The summed E-state index contributed by atoms with van der Waals surface area (Å²) in [5, 5.41) is 5.90. The smallest absolute Gasteiger partial charge is 0.265 e. The summed E-state index contributed by atoms with van der Waals surface area (Å²) in [7, 11) is 0. The van der Waals surface area contributed by atoms with E-state index in [1.54, 1.807) is 6.07 Å². The molecule has 1 aliphatic heterocycles. The third kappa shape index (κ3) is 3.94. The van der Waals surface area contributed by atoms with E-state index in [1.165, 1.54) is 17.8 Å². The molecule has 1 aromatic heterocycles. The minimum absolute atomic E-state index is 0.0717. The second-order valence-corrected chi connectivity index (χ2v) is 6.82. The number of nitrogens with zero attached hydrogens (tertiary/aromatic N) is 1. The number of rotatable bonds is 5. The van der Waals surface area contributed by atoms with E-state index in [1.807, 2.05) is 10.3 Å². The van der Waals surface area contributed by atoms with Crippen molar-refractivity contribution in [2.45, 2.75) is 32.7 Å². The van der Waals surface area contributed by atoms with Crippen LogP contribution in [0.15, 0.2) is 11.4 Å². The van der Waals surface area contributed by atoms with Crippen LogP contribution in [0.5, 0.6) is 0 Å². The fraction of sp³-hybridized carbons (Fsp3) is 0.643. The number of hydrogen-bond acceptors (Lipinski definition) is 3. The minimum Gasteiger partial charge on any atom is -0.336 e. The maximum atomic E-state index is 12.6. The summed E-state index contributed by atoms with van der Waals surface area (Å²) in [5.74, 6) is 0.534. The number of thiophene rings is 1. The van der Waals surface area contributed by atoms with Crippen LogP contribution in [0, 0.1) is 5.92 Å². The van der Waals surface area contributed by atoms with Crippen molar-refractivity contribution in [1.29, 1.82) is 0 Å². The van der Waals surface area contributed by atoms with Crippen LogP contribution in [0.25, 0.3) is 0 Å². The van der Waals surface area contributed by atoms with Crippen LogP contribution in [-0.4, -0.2) is 36.5 Å². The first kappa shape index (κ1) is 14.8. The van der Waals surface area contributed by atoms with Gasteiger partial charge in [0, 0.05) is 19.1 Å². The van der Waals surface area contributed by atoms with Crippen LogP contribution in [0.3, 0.4) is 0 Å². The van der Waals surface area contributed by atoms with E-state index in [0.29, 0.717) is 21.9 Å². The highest BCUT2D eigenvalue weighted by atomic mass is 35.5. The van der Waals surface area contributed by atoms with Gasteiger partial charge < -0.3 is 10.2 Å². The summed E-state index contributed by atoms with van der Waals surface area (Å²) in [6.45, 7) is 6.90. The molecule has 5 heteroatoms. The molecular formula is C14H21ClN2OS. The van der Waals surface area contributed by atoms with Gasteiger partial charge in [0.25, 0.3) is 5.91 Å². The highest BCUT2D eigenvalue weighted by Gasteiger charge is 2.24. The van der Waals surface area contributed by atoms with Gasteiger partial charge in [0.1, 0.15) is 4.88 Å². The van der Waals surface area contributed by atoms with Crippen molar-refractivity contribution in [2.75, 3.05) is 19.6 Å². The van der Waals surface area contributed by atoms with E-state index in [9.17, 15) is 4.79 Å². The number of nitrogens with one attached hydrogen (secondary N) is 1. The van der Waals surface area contributed by atoms with Crippen molar-refractivity contribution in [3.63, 3.8) is 0 Å². The fourth-order valence-electron chi connectivity index (χ4n) is 2.45. The highest BCUT2D eigenvalue weighted by Crippen LogP contribution is 2.24. The molecule has 0 spiro atoms. The molecule has 0 saturated carbocycles. The lowest BCUT2D eigenvalue weighted by Crippen LogP contribution is -2.42. The van der Waals surface area contributed by atoms with Gasteiger partial charge in [-0.2, -0.15) is 0 Å². The van der Waals surface area contributed by atoms with Crippen LogP contribution >= 0.6 is 22.9 Å². The minimum atomic E-state index is 0.0717. The van der Waals surface area contributed by atoms with Gasteiger partial charge in [0.05, 0.1) is 5.02 Å². The summed E-state index contributed by atoms with van der Waals surface area (Å²) in [5.41, 5.74) is 0. The Bertz CT molecular complexity index is 427. The molecule has 2 rings (SSSR count). The lowest BCUT2D eigenvalue weighted by atomic mass is 10.1. The summed E-state index contributed by atoms with van der Waals surface area (Å²) < 4.78 is 0. The monoisotopic (exact) mass is 300 g/mol. The van der Waals surface area contributed by atoms with E-state index in [-0.39, 0.29) is 5.91 Å². The maximum absolute atomic E-state index is 12.6. The zero-order valence-electron chi connectivity index (χ0n) is 11.5. The first-order valence-corrected chi connectivity index (χ1v) is 8.09. The molecule has 1 atom stereocenters. The number of amides is 1. The Hall–Kier alpha value is -0.580. The standard InChI is InChI=1S/C14H21ClN2OS/c1-10(2)8-17(9-11-4-3-6-16-11)14(18)13-12(15)5-7-19-13/h5,7,10-11,16H,3-4,6,8-9H2,1-2H3. The summed E-state index contributed by atoms with van der Waals surface area (Å²) in [6.07, 6.45) is 2.36. The maximum Gasteiger partial charge on any atom is 0.265 e. The van der Waals surface area contributed by atoms with Crippen LogP contribution in [-0.2, 0) is 0 Å². The SMILES string of the molecule is CC(C)CN(CC1CCCN1)C(=O)c1sccc1Cl. The molecule has 1 saturated heterocycles. The van der Waals surface area contributed by atoms with Gasteiger partial charge in [-0.1, -0.05) is 25.4 Å². The Kier molecular flexibility index (Phi) is 5.25. The van der Waals surface area contributed by atoms with Gasteiger partial charge in [-0.25, -0.2) is 0 Å². The van der Waals surface area contributed by atoms with Crippen molar-refractivity contribution in [3.05, 3.63) is 21.3 Å². The van der Waals surface area contributed by atoms with Gasteiger partial charge in [-0.15, -0.1) is 11.3 Å². The van der Waals surface area contributed by atoms with E-state index >= 15 is 0 Å². The Morgan fingerprint density at radius 1 is 1.63 bits per heavy atom. The second kappa shape index (κ2) is 6.73. The summed E-state index contributed by atoms with van der Waals surface area (Å²) in [6, 6.07) is 2.22. The Morgan fingerprint density at radius 3 is 2.95 bits per heavy atom. The van der Waals surface area contributed by atoms with Crippen LogP contribution < -0.4 is 5.32 Å². The van der Waals surface area contributed by atoms with E-state index in [0.717, 1.165) is 26.1 Å². The quantitative estimate of drug-likeness (QED) is 0.905. The predicted octanol–water partition coefficient (Wildman–Crippen LogP) is 3.25. The number of carbonyl (C=O) groups is 1. The van der Waals surface area contributed by atoms with Gasteiger partial charge >= 0.3 is 0 Å². The van der Waals surface area contributed by atoms with Crippen LogP contribution in [0.1, 0.15) is 36.4 Å². The molecule has 0 bridgehead atoms. The first-order valence-electron chi connectivity index (χ1n) is 6.83. The molecule has 19 heavy (non-hydrogen) atoms. The molecular weight excluding hydrogens is 280 g/mol. The molecule has 0 aromatic carbocycles. The largest absolute Gasteiger partial charge is 0.336 e. The van der Waals surface area contributed by atoms with Gasteiger partial charge in [0.2, 0.25) is 0 Å². The Labute approximate surface area is 123 Å². The van der Waals surface area contributed by atoms with E-state index < -0.39 is 0 Å². The molecule has 1 N–H and O–H groups in total. The molecule has 1 aliphatic rings. The Balaban J connectivity index is 2.07. The molecule has 106 valence electrons. The first-order chi connectivity index (χ1) is 9.08. The summed E-state index contributed by atoms with van der Waals surface area (Å²) >= 11 is 7.51. The van der Waals surface area contributed by atoms with Crippen molar-refractivity contribution in [2.24, 2.45) is 5.92 Å². The molecule has 2 heterocycles. The third-order valence-corrected chi connectivity index (χ3v) is 4.62. The number of hydrogen-bond donors (Lipinski definition) is 1. The zero-order chi connectivity index (χ0) is 13.8. The predicted molar refractivity (Wildman–Crippen MR) is 81.1 cm³/mol. The molecule has 0 aliphatic carbocycles. The van der Waals surface area contributed by atoms with Crippen molar-refractivity contribution in [3.8, 4) is 0 Å². The van der Waals surface area contributed by atoms with Gasteiger partial charge in [0.15, 0.2) is 0 Å².